The first-order chi connectivity index (χ1) is 12.0. The van der Waals surface area contributed by atoms with Crippen molar-refractivity contribution < 1.29 is 24.2 Å². The second kappa shape index (κ2) is 9.14. The number of rotatable bonds is 9. The molecule has 2 fully saturated rings. The van der Waals surface area contributed by atoms with Gasteiger partial charge >= 0.3 is 5.97 Å². The van der Waals surface area contributed by atoms with Gasteiger partial charge in [0, 0.05) is 12.3 Å². The maximum atomic E-state index is 12.6. The lowest BCUT2D eigenvalue weighted by Crippen LogP contribution is -2.53. The molecule has 0 radical (unpaired) electrons. The molecule has 25 heavy (non-hydrogen) atoms. The van der Waals surface area contributed by atoms with Crippen LogP contribution >= 0.6 is 23.5 Å². The zero-order chi connectivity index (χ0) is 18.4. The average molecular weight is 391 g/mol. The molecule has 0 bridgehead atoms. The molecule has 0 spiro atoms. The van der Waals surface area contributed by atoms with Gasteiger partial charge in [-0.05, 0) is 38.2 Å². The van der Waals surface area contributed by atoms with Crippen molar-refractivity contribution in [2.45, 2.75) is 38.3 Å². The van der Waals surface area contributed by atoms with E-state index in [0.29, 0.717) is 31.7 Å². The number of amides is 2. The Kier molecular flexibility index (Phi) is 7.45. The summed E-state index contributed by atoms with van der Waals surface area (Å²) in [5, 5.41) is 13.0. The fourth-order valence-electron chi connectivity index (χ4n) is 2.80. The van der Waals surface area contributed by atoms with Gasteiger partial charge in [-0.25, -0.2) is 0 Å². The topological polar surface area (TPSA) is 95.9 Å². The number of thioether (sulfide) groups is 2. The summed E-state index contributed by atoms with van der Waals surface area (Å²) in [7, 11) is 0. The van der Waals surface area contributed by atoms with Gasteiger partial charge in [0.2, 0.25) is 5.91 Å². The normalized spacial score (nSPS) is 20.7. The Morgan fingerprint density at radius 1 is 1.40 bits per heavy atom. The van der Waals surface area contributed by atoms with Gasteiger partial charge in [-0.15, -0.1) is 11.8 Å². The van der Waals surface area contributed by atoms with Crippen LogP contribution in [0, 0.1) is 5.41 Å². The molecule has 1 unspecified atom stereocenters. The minimum atomic E-state index is -1.48. The van der Waals surface area contributed by atoms with E-state index in [-0.39, 0.29) is 12.5 Å². The van der Waals surface area contributed by atoms with Gasteiger partial charge in [-0.3, -0.25) is 14.4 Å². The Morgan fingerprint density at radius 3 is 2.64 bits per heavy atom. The summed E-state index contributed by atoms with van der Waals surface area (Å²) >= 11 is 3.27. The summed E-state index contributed by atoms with van der Waals surface area (Å²) in [4.78, 5) is 38.9. The molecular formula is C16H26N2O5S2. The maximum absolute atomic E-state index is 12.6. The monoisotopic (exact) mass is 390 g/mol. The van der Waals surface area contributed by atoms with Gasteiger partial charge in [-0.1, -0.05) is 0 Å². The Hall–Kier alpha value is -0.930. The first-order valence-corrected chi connectivity index (χ1v) is 11.0. The van der Waals surface area contributed by atoms with Crippen molar-refractivity contribution in [2.24, 2.45) is 5.41 Å². The van der Waals surface area contributed by atoms with Crippen molar-refractivity contribution in [1.29, 1.82) is 0 Å². The number of esters is 1. The molecule has 2 amide bonds. The van der Waals surface area contributed by atoms with Crippen LogP contribution < -0.4 is 5.32 Å². The van der Waals surface area contributed by atoms with Crippen molar-refractivity contribution in [1.82, 2.24) is 10.2 Å². The molecule has 9 heteroatoms. The number of nitrogens with one attached hydrogen (secondary N) is 1. The molecule has 0 aromatic carbocycles. The minimum Gasteiger partial charge on any atom is -0.465 e. The van der Waals surface area contributed by atoms with E-state index < -0.39 is 29.4 Å². The molecule has 2 aliphatic rings. The molecule has 7 nitrogen and oxygen atoms in total. The van der Waals surface area contributed by atoms with Crippen molar-refractivity contribution in [3.8, 4) is 0 Å². The van der Waals surface area contributed by atoms with Gasteiger partial charge < -0.3 is 20.1 Å². The van der Waals surface area contributed by atoms with Crippen LogP contribution in [0.5, 0.6) is 0 Å². The summed E-state index contributed by atoms with van der Waals surface area (Å²) in [6.07, 6.45) is 1.79. The first-order valence-electron chi connectivity index (χ1n) is 8.47. The Labute approximate surface area is 156 Å². The highest BCUT2D eigenvalue weighted by Gasteiger charge is 2.59. The van der Waals surface area contributed by atoms with Gasteiger partial charge in [0.1, 0.15) is 17.6 Å². The molecule has 1 saturated heterocycles. The second-order valence-corrected chi connectivity index (χ2v) is 8.32. The number of aliphatic hydroxyl groups is 1. The number of carbonyl (C=O) groups excluding carboxylic acids is 3. The Balaban J connectivity index is 2.00. The van der Waals surface area contributed by atoms with Crippen LogP contribution in [0.1, 0.15) is 26.2 Å². The van der Waals surface area contributed by atoms with E-state index in [1.165, 1.54) is 0 Å². The molecule has 1 saturated carbocycles. The average Bonchev–Trinajstić information content (AvgIpc) is 3.24. The predicted octanol–water partition coefficient (Wildman–Crippen LogP) is 0.461. The van der Waals surface area contributed by atoms with E-state index in [1.807, 2.05) is 6.26 Å². The zero-order valence-corrected chi connectivity index (χ0v) is 16.3. The van der Waals surface area contributed by atoms with Crippen LogP contribution in [0.3, 0.4) is 0 Å². The fourth-order valence-corrected chi connectivity index (χ4v) is 4.23. The highest BCUT2D eigenvalue weighted by atomic mass is 32.2. The lowest BCUT2D eigenvalue weighted by Gasteiger charge is -2.26. The number of carbonyl (C=O) groups is 3. The molecule has 1 aliphatic carbocycles. The SMILES string of the molecule is CCOC(=O)C1(C(O)C(=O)N[C@@H](CCSC)C(=O)N2CCSC2)CC1. The third kappa shape index (κ3) is 4.83. The fraction of sp³-hybridized carbons (Fsp3) is 0.812. The van der Waals surface area contributed by atoms with E-state index in [9.17, 15) is 19.5 Å². The number of hydrogen-bond acceptors (Lipinski definition) is 7. The quantitative estimate of drug-likeness (QED) is 0.552. The van der Waals surface area contributed by atoms with E-state index in [0.717, 1.165) is 11.5 Å². The van der Waals surface area contributed by atoms with Crippen LogP contribution in [0.2, 0.25) is 0 Å². The van der Waals surface area contributed by atoms with E-state index in [1.54, 1.807) is 35.3 Å². The molecule has 0 aromatic rings. The number of nitrogens with zero attached hydrogens (tertiary/aromatic N) is 1. The summed E-state index contributed by atoms with van der Waals surface area (Å²) in [5.41, 5.74) is -1.14. The van der Waals surface area contributed by atoms with Crippen LogP contribution in [-0.2, 0) is 19.1 Å². The lowest BCUT2D eigenvalue weighted by atomic mass is 9.98. The zero-order valence-electron chi connectivity index (χ0n) is 14.7. The minimum absolute atomic E-state index is 0.124. The molecule has 2 N–H and O–H groups in total. The van der Waals surface area contributed by atoms with E-state index in [2.05, 4.69) is 5.32 Å². The Morgan fingerprint density at radius 2 is 2.12 bits per heavy atom. The van der Waals surface area contributed by atoms with Crippen LogP contribution in [0.4, 0.5) is 0 Å². The Bertz CT molecular complexity index is 507. The molecule has 2 rings (SSSR count). The molecule has 0 aromatic heterocycles. The van der Waals surface area contributed by atoms with Crippen LogP contribution in [0.15, 0.2) is 0 Å². The number of hydrogen-bond donors (Lipinski definition) is 2. The number of aliphatic hydroxyl groups excluding tert-OH is 1. The largest absolute Gasteiger partial charge is 0.465 e. The highest BCUT2D eigenvalue weighted by molar-refractivity contribution is 7.99. The van der Waals surface area contributed by atoms with Crippen molar-refractivity contribution in [3.63, 3.8) is 0 Å². The molecule has 1 aliphatic heterocycles. The number of ether oxygens (including phenoxy) is 1. The van der Waals surface area contributed by atoms with Gasteiger partial charge in [-0.2, -0.15) is 11.8 Å². The molecule has 142 valence electrons. The summed E-state index contributed by atoms with van der Waals surface area (Å²) in [6, 6.07) is -0.675. The smallest absolute Gasteiger partial charge is 0.315 e. The van der Waals surface area contributed by atoms with Gasteiger partial charge in [0.05, 0.1) is 12.5 Å². The summed E-state index contributed by atoms with van der Waals surface area (Å²) in [6.45, 7) is 2.56. The third-order valence-electron chi connectivity index (χ3n) is 4.53. The molecule has 2 atom stereocenters. The summed E-state index contributed by atoms with van der Waals surface area (Å²) in [5.74, 6) is 0.901. The molecule has 1 heterocycles. The maximum Gasteiger partial charge on any atom is 0.315 e. The highest BCUT2D eigenvalue weighted by Crippen LogP contribution is 2.50. The third-order valence-corrected chi connectivity index (χ3v) is 6.14. The van der Waals surface area contributed by atoms with E-state index >= 15 is 0 Å². The molecular weight excluding hydrogens is 364 g/mol. The standard InChI is InChI=1S/C16H26N2O5S2/c1-3-23-15(22)16(5-6-16)12(19)13(20)17-11(4-8-24-2)14(21)18-7-9-25-10-18/h11-12,19H,3-10H2,1-2H3,(H,17,20)/t11-,12?/m0/s1. The van der Waals surface area contributed by atoms with E-state index in [4.69, 9.17) is 4.74 Å². The van der Waals surface area contributed by atoms with Crippen molar-refractivity contribution in [3.05, 3.63) is 0 Å². The van der Waals surface area contributed by atoms with Gasteiger partial charge in [0.25, 0.3) is 5.91 Å². The van der Waals surface area contributed by atoms with Crippen molar-refractivity contribution >= 4 is 41.3 Å². The van der Waals surface area contributed by atoms with Crippen LogP contribution in [-0.4, -0.2) is 76.7 Å². The lowest BCUT2D eigenvalue weighted by molar-refractivity contribution is -0.159. The van der Waals surface area contributed by atoms with Crippen molar-refractivity contribution in [2.75, 3.05) is 36.8 Å². The first kappa shape index (κ1) is 20.4. The van der Waals surface area contributed by atoms with Gasteiger partial charge in [0.15, 0.2) is 0 Å². The second-order valence-electron chi connectivity index (χ2n) is 6.26. The summed E-state index contributed by atoms with van der Waals surface area (Å²) < 4.78 is 4.98. The predicted molar refractivity (Wildman–Crippen MR) is 98.3 cm³/mol. The van der Waals surface area contributed by atoms with Crippen LogP contribution in [0.25, 0.3) is 0 Å².